The molecule has 0 saturated carbocycles. The van der Waals surface area contributed by atoms with Crippen LogP contribution in [0.2, 0.25) is 0 Å². The minimum Gasteiger partial charge on any atom is -0.330 e. The summed E-state index contributed by atoms with van der Waals surface area (Å²) in [5, 5.41) is 3.47. The van der Waals surface area contributed by atoms with Crippen molar-refractivity contribution in [1.29, 1.82) is 0 Å². The number of hydrogen-bond acceptors (Lipinski definition) is 2. The molecule has 0 bridgehead atoms. The van der Waals surface area contributed by atoms with Gasteiger partial charge in [-0.2, -0.15) is 0 Å². The summed E-state index contributed by atoms with van der Waals surface area (Å²) in [6.45, 7) is 5.44. The van der Waals surface area contributed by atoms with E-state index in [-0.39, 0.29) is 0 Å². The first kappa shape index (κ1) is 14.9. The quantitative estimate of drug-likeness (QED) is 0.490. The van der Waals surface area contributed by atoms with Crippen molar-refractivity contribution in [3.05, 3.63) is 0 Å². The summed E-state index contributed by atoms with van der Waals surface area (Å²) in [5.41, 5.74) is 5.42. The van der Waals surface area contributed by atoms with Crippen LogP contribution in [0, 0.1) is 0 Å². The highest BCUT2D eigenvalue weighted by atomic mass is 14.8. The van der Waals surface area contributed by atoms with Crippen LogP contribution in [0.15, 0.2) is 0 Å². The number of rotatable bonds is 12. The Balaban J connectivity index is 2.81. The van der Waals surface area contributed by atoms with Crippen molar-refractivity contribution in [3.63, 3.8) is 0 Å². The molecule has 0 aromatic heterocycles. The molecule has 0 aliphatic rings. The van der Waals surface area contributed by atoms with Crippen LogP contribution < -0.4 is 11.1 Å². The topological polar surface area (TPSA) is 38.0 Å². The summed E-state index contributed by atoms with van der Waals surface area (Å²) >= 11 is 0. The third kappa shape index (κ3) is 13.9. The molecule has 0 saturated heterocycles. The van der Waals surface area contributed by atoms with E-state index in [9.17, 15) is 0 Å². The van der Waals surface area contributed by atoms with E-state index >= 15 is 0 Å². The van der Waals surface area contributed by atoms with Crippen LogP contribution in [0.5, 0.6) is 0 Å². The predicted molar refractivity (Wildman–Crippen MR) is 69.2 cm³/mol. The molecule has 0 aromatic rings. The Labute approximate surface area is 96.0 Å². The van der Waals surface area contributed by atoms with Crippen LogP contribution in [-0.4, -0.2) is 19.6 Å². The molecule has 0 spiro atoms. The van der Waals surface area contributed by atoms with Gasteiger partial charge in [-0.05, 0) is 38.9 Å². The van der Waals surface area contributed by atoms with E-state index in [1.807, 2.05) is 0 Å². The van der Waals surface area contributed by atoms with Gasteiger partial charge in [-0.3, -0.25) is 0 Å². The Hall–Kier alpha value is -0.0800. The van der Waals surface area contributed by atoms with E-state index in [1.165, 1.54) is 57.9 Å². The zero-order valence-electron chi connectivity index (χ0n) is 10.6. The normalized spacial score (nSPS) is 10.8. The second kappa shape index (κ2) is 13.9. The number of nitrogens with one attached hydrogen (secondary N) is 1. The fourth-order valence-electron chi connectivity index (χ4n) is 1.73. The standard InChI is InChI=1S/C13H30N2/c1-2-3-4-5-6-7-9-12-15-13-10-8-11-14/h15H,2-14H2,1H3. The Bertz CT molecular complexity index is 92.7. The smallest absolute Gasteiger partial charge is 0.00484 e. The molecule has 0 atom stereocenters. The highest BCUT2D eigenvalue weighted by Crippen LogP contribution is 2.06. The van der Waals surface area contributed by atoms with Gasteiger partial charge in [0.15, 0.2) is 0 Å². The Morgan fingerprint density at radius 2 is 1.27 bits per heavy atom. The molecule has 0 amide bonds. The average Bonchev–Trinajstić information content (AvgIpc) is 2.26. The molecule has 0 aliphatic carbocycles. The van der Waals surface area contributed by atoms with E-state index in [0.717, 1.165) is 19.5 Å². The first-order valence-corrected chi connectivity index (χ1v) is 6.82. The fourth-order valence-corrected chi connectivity index (χ4v) is 1.73. The molecular weight excluding hydrogens is 184 g/mol. The van der Waals surface area contributed by atoms with E-state index in [1.54, 1.807) is 0 Å². The van der Waals surface area contributed by atoms with Crippen molar-refractivity contribution in [2.24, 2.45) is 5.73 Å². The Morgan fingerprint density at radius 3 is 1.87 bits per heavy atom. The van der Waals surface area contributed by atoms with Gasteiger partial charge in [-0.15, -0.1) is 0 Å². The molecule has 2 nitrogen and oxygen atoms in total. The molecule has 2 heteroatoms. The number of unbranched alkanes of at least 4 members (excludes halogenated alkanes) is 7. The van der Waals surface area contributed by atoms with Crippen LogP contribution in [0.3, 0.4) is 0 Å². The third-order valence-corrected chi connectivity index (χ3v) is 2.76. The maximum absolute atomic E-state index is 5.42. The summed E-state index contributed by atoms with van der Waals surface area (Å²) in [7, 11) is 0. The summed E-state index contributed by atoms with van der Waals surface area (Å²) in [6, 6.07) is 0. The second-order valence-electron chi connectivity index (χ2n) is 4.37. The molecule has 0 fully saturated rings. The van der Waals surface area contributed by atoms with Gasteiger partial charge in [-0.25, -0.2) is 0 Å². The summed E-state index contributed by atoms with van der Waals surface area (Å²) < 4.78 is 0. The van der Waals surface area contributed by atoms with E-state index in [2.05, 4.69) is 12.2 Å². The Kier molecular flexibility index (Phi) is 13.8. The maximum atomic E-state index is 5.42. The lowest BCUT2D eigenvalue weighted by molar-refractivity contribution is 0.553. The predicted octanol–water partition coefficient (Wildman–Crippen LogP) is 3.07. The van der Waals surface area contributed by atoms with Gasteiger partial charge >= 0.3 is 0 Å². The van der Waals surface area contributed by atoms with Crippen molar-refractivity contribution in [3.8, 4) is 0 Å². The zero-order valence-corrected chi connectivity index (χ0v) is 10.6. The molecule has 0 aromatic carbocycles. The van der Waals surface area contributed by atoms with E-state index < -0.39 is 0 Å². The largest absolute Gasteiger partial charge is 0.330 e. The van der Waals surface area contributed by atoms with Crippen LogP contribution in [-0.2, 0) is 0 Å². The fraction of sp³-hybridized carbons (Fsp3) is 1.00. The van der Waals surface area contributed by atoms with Gasteiger partial charge in [0.25, 0.3) is 0 Å². The molecule has 0 radical (unpaired) electrons. The molecule has 0 rings (SSSR count). The Morgan fingerprint density at radius 1 is 0.733 bits per heavy atom. The molecule has 0 unspecified atom stereocenters. The van der Waals surface area contributed by atoms with Crippen molar-refractivity contribution in [2.45, 2.75) is 64.7 Å². The number of hydrogen-bond donors (Lipinski definition) is 2. The summed E-state index contributed by atoms with van der Waals surface area (Å²) in [6.07, 6.45) is 12.2. The van der Waals surface area contributed by atoms with Crippen molar-refractivity contribution in [1.82, 2.24) is 5.32 Å². The van der Waals surface area contributed by atoms with E-state index in [0.29, 0.717) is 0 Å². The van der Waals surface area contributed by atoms with Crippen molar-refractivity contribution in [2.75, 3.05) is 19.6 Å². The van der Waals surface area contributed by atoms with Crippen LogP contribution >= 0.6 is 0 Å². The molecule has 0 aliphatic heterocycles. The average molecular weight is 214 g/mol. The second-order valence-corrected chi connectivity index (χ2v) is 4.37. The minimum atomic E-state index is 0.832. The molecule has 15 heavy (non-hydrogen) atoms. The zero-order chi connectivity index (χ0) is 11.2. The highest BCUT2D eigenvalue weighted by Gasteiger charge is 1.91. The minimum absolute atomic E-state index is 0.832. The van der Waals surface area contributed by atoms with Gasteiger partial charge in [0.05, 0.1) is 0 Å². The molecule has 3 N–H and O–H groups in total. The SMILES string of the molecule is CCCCCCCCCNCCCCN. The third-order valence-electron chi connectivity index (χ3n) is 2.76. The highest BCUT2D eigenvalue weighted by molar-refractivity contribution is 4.51. The molecular formula is C13H30N2. The van der Waals surface area contributed by atoms with Crippen LogP contribution in [0.25, 0.3) is 0 Å². The van der Waals surface area contributed by atoms with Crippen LogP contribution in [0.1, 0.15) is 64.7 Å². The van der Waals surface area contributed by atoms with Gasteiger partial charge < -0.3 is 11.1 Å². The maximum Gasteiger partial charge on any atom is -0.00484 e. The van der Waals surface area contributed by atoms with Gasteiger partial charge in [0.2, 0.25) is 0 Å². The monoisotopic (exact) mass is 214 g/mol. The van der Waals surface area contributed by atoms with E-state index in [4.69, 9.17) is 5.73 Å². The lowest BCUT2D eigenvalue weighted by atomic mass is 10.1. The van der Waals surface area contributed by atoms with Gasteiger partial charge in [0.1, 0.15) is 0 Å². The summed E-state index contributed by atoms with van der Waals surface area (Å²) in [5.74, 6) is 0. The lowest BCUT2D eigenvalue weighted by Gasteiger charge is -2.04. The van der Waals surface area contributed by atoms with Gasteiger partial charge in [-0.1, -0.05) is 45.4 Å². The van der Waals surface area contributed by atoms with Crippen molar-refractivity contribution >= 4 is 0 Å². The lowest BCUT2D eigenvalue weighted by Crippen LogP contribution is -2.17. The van der Waals surface area contributed by atoms with Gasteiger partial charge in [0, 0.05) is 0 Å². The summed E-state index contributed by atoms with van der Waals surface area (Å²) in [4.78, 5) is 0. The molecule has 0 heterocycles. The number of nitrogens with two attached hydrogens (primary N) is 1. The first-order chi connectivity index (χ1) is 7.41. The van der Waals surface area contributed by atoms with Crippen LogP contribution in [0.4, 0.5) is 0 Å². The first-order valence-electron chi connectivity index (χ1n) is 6.82. The molecule has 92 valence electrons. The van der Waals surface area contributed by atoms with Crippen molar-refractivity contribution < 1.29 is 0 Å².